The molecule has 2 aliphatic heterocycles. The first kappa shape index (κ1) is 35.4. The molecular weight excluding hydrogens is 656 g/mol. The number of amides is 2. The van der Waals surface area contributed by atoms with E-state index in [2.05, 4.69) is 9.97 Å². The molecule has 0 spiro atoms. The Kier molecular flexibility index (Phi) is 10.4. The van der Waals surface area contributed by atoms with E-state index in [1.54, 1.807) is 6.92 Å². The van der Waals surface area contributed by atoms with Gasteiger partial charge in [-0.2, -0.15) is 31.6 Å². The number of rotatable bonds is 8. The van der Waals surface area contributed by atoms with Crippen molar-refractivity contribution < 1.29 is 45.4 Å². The van der Waals surface area contributed by atoms with Crippen LogP contribution >= 0.6 is 0 Å². The summed E-state index contributed by atoms with van der Waals surface area (Å²) >= 11 is 0. The van der Waals surface area contributed by atoms with Crippen LogP contribution in [0, 0.1) is 11.3 Å². The zero-order valence-corrected chi connectivity index (χ0v) is 26.4. The van der Waals surface area contributed by atoms with Crippen molar-refractivity contribution in [2.45, 2.75) is 75.5 Å². The number of piperidine rings is 2. The van der Waals surface area contributed by atoms with Crippen LogP contribution in [-0.2, 0) is 17.1 Å². The lowest BCUT2D eigenvalue weighted by molar-refractivity contribution is -0.161. The Bertz CT molecular complexity index is 1690. The van der Waals surface area contributed by atoms with Crippen LogP contribution < -0.4 is 9.47 Å². The maximum atomic E-state index is 14.7. The third kappa shape index (κ3) is 7.73. The van der Waals surface area contributed by atoms with Gasteiger partial charge in [-0.3, -0.25) is 14.6 Å². The van der Waals surface area contributed by atoms with Crippen LogP contribution in [0.3, 0.4) is 0 Å². The second kappa shape index (κ2) is 14.3. The summed E-state index contributed by atoms with van der Waals surface area (Å²) in [6.45, 7) is 2.18. The van der Waals surface area contributed by atoms with E-state index in [-0.39, 0.29) is 56.6 Å². The largest absolute Gasteiger partial charge is 0.475 e. The minimum Gasteiger partial charge on any atom is -0.475 e. The number of likely N-dealkylation sites (tertiary alicyclic amines) is 2. The number of nitriles is 1. The summed E-state index contributed by atoms with van der Waals surface area (Å²) in [5, 5.41) is 9.18. The van der Waals surface area contributed by atoms with Gasteiger partial charge in [0.2, 0.25) is 11.5 Å². The third-order valence-electron chi connectivity index (χ3n) is 8.77. The number of carbonyl (C=O) groups excluding carboxylic acids is 2. The van der Waals surface area contributed by atoms with E-state index in [1.165, 1.54) is 28.1 Å². The molecule has 0 aliphatic carbocycles. The average molecular weight is 690 g/mol. The minimum absolute atomic E-state index is 0.0196. The van der Waals surface area contributed by atoms with E-state index in [0.29, 0.717) is 30.9 Å². The van der Waals surface area contributed by atoms with Gasteiger partial charge in [0.25, 0.3) is 11.8 Å². The number of nitrogens with zero attached hydrogens (tertiary/aromatic N) is 5. The Morgan fingerprint density at radius 3 is 2.35 bits per heavy atom. The molecule has 2 fully saturated rings. The van der Waals surface area contributed by atoms with Gasteiger partial charge in [-0.1, -0.05) is 13.3 Å². The van der Waals surface area contributed by atoms with Gasteiger partial charge in [0, 0.05) is 63.6 Å². The molecule has 0 bridgehead atoms. The molecule has 2 atom stereocenters. The summed E-state index contributed by atoms with van der Waals surface area (Å²) < 4.78 is 94.3. The first-order valence-corrected chi connectivity index (χ1v) is 15.8. The van der Waals surface area contributed by atoms with E-state index in [9.17, 15) is 41.2 Å². The highest BCUT2D eigenvalue weighted by Crippen LogP contribution is 2.41. The smallest absolute Gasteiger partial charge is 0.417 e. The number of carbonyl (C=O) groups is 2. The quantitative estimate of drug-likeness (QED) is 0.243. The van der Waals surface area contributed by atoms with Gasteiger partial charge < -0.3 is 19.3 Å². The van der Waals surface area contributed by atoms with E-state index in [4.69, 9.17) is 9.47 Å². The van der Waals surface area contributed by atoms with Crippen LogP contribution in [0.5, 0.6) is 11.6 Å². The molecule has 0 N–H and O–H groups in total. The number of hydrogen-bond donors (Lipinski definition) is 0. The first-order chi connectivity index (χ1) is 23.3. The molecule has 15 heteroatoms. The maximum absolute atomic E-state index is 14.7. The fourth-order valence-corrected chi connectivity index (χ4v) is 6.45. The Morgan fingerprint density at radius 2 is 1.71 bits per heavy atom. The molecule has 2 aromatic heterocycles. The van der Waals surface area contributed by atoms with Crippen molar-refractivity contribution in [1.29, 1.82) is 5.26 Å². The maximum Gasteiger partial charge on any atom is 0.417 e. The van der Waals surface area contributed by atoms with Crippen LogP contribution in [0.2, 0.25) is 0 Å². The molecule has 0 radical (unpaired) electrons. The van der Waals surface area contributed by atoms with Gasteiger partial charge in [-0.15, -0.1) is 0 Å². The van der Waals surface area contributed by atoms with Crippen LogP contribution in [0.4, 0.5) is 26.3 Å². The summed E-state index contributed by atoms with van der Waals surface area (Å²) in [4.78, 5) is 39.3. The number of ether oxygens (including phenoxy) is 2. The van der Waals surface area contributed by atoms with Gasteiger partial charge in [0.1, 0.15) is 11.9 Å². The zero-order valence-electron chi connectivity index (χ0n) is 26.4. The van der Waals surface area contributed by atoms with E-state index in [1.807, 2.05) is 6.07 Å². The Morgan fingerprint density at radius 1 is 1.00 bits per heavy atom. The van der Waals surface area contributed by atoms with Crippen molar-refractivity contribution in [2.24, 2.45) is 0 Å². The molecule has 260 valence electrons. The number of pyridine rings is 2. The van der Waals surface area contributed by atoms with Gasteiger partial charge in [-0.05, 0) is 49.2 Å². The van der Waals surface area contributed by atoms with Crippen molar-refractivity contribution in [1.82, 2.24) is 19.8 Å². The van der Waals surface area contributed by atoms with Gasteiger partial charge in [0.05, 0.1) is 34.4 Å². The number of halogens is 6. The number of alkyl halides is 6. The van der Waals surface area contributed by atoms with Crippen molar-refractivity contribution in [2.75, 3.05) is 19.6 Å². The molecular formula is C34H33F6N5O4. The third-order valence-corrected chi connectivity index (χ3v) is 8.77. The summed E-state index contributed by atoms with van der Waals surface area (Å²) in [6, 6.07) is 8.51. The highest BCUT2D eigenvalue weighted by Gasteiger charge is 2.56. The summed E-state index contributed by atoms with van der Waals surface area (Å²) in [6.07, 6.45) is -5.08. The van der Waals surface area contributed by atoms with Crippen molar-refractivity contribution in [3.05, 3.63) is 83.3 Å². The molecule has 0 saturated carbocycles. The van der Waals surface area contributed by atoms with E-state index in [0.717, 1.165) is 36.7 Å². The standard InChI is InChI=1S/C34H33F6N5O4/c1-2-4-28-32(49-25-7-5-23(6-8-25)33(35,36)37,13-3-16-45(28)30(46)26-21-42-14-10-27(26)34(38,39)40)31(47)44-17-11-24(12-18-44)48-29-19-22(20-41)9-15-43-29/h5-10,14-15,19,21,24,28H,2-4,11-13,16-18H2,1H3/t28-,32+/m1/s1. The topological polar surface area (TPSA) is 109 Å². The van der Waals surface area contributed by atoms with Crippen LogP contribution in [0.15, 0.2) is 61.1 Å². The van der Waals surface area contributed by atoms with E-state index >= 15 is 0 Å². The second-order valence-corrected chi connectivity index (χ2v) is 11.9. The lowest BCUT2D eigenvalue weighted by atomic mass is 9.79. The second-order valence-electron chi connectivity index (χ2n) is 11.9. The Labute approximate surface area is 278 Å². The molecule has 5 rings (SSSR count). The molecule has 2 amide bonds. The zero-order chi connectivity index (χ0) is 35.4. The van der Waals surface area contributed by atoms with Crippen LogP contribution in [0.25, 0.3) is 0 Å². The van der Waals surface area contributed by atoms with Crippen molar-refractivity contribution in [3.8, 4) is 17.7 Å². The lowest BCUT2D eigenvalue weighted by Gasteiger charge is -2.50. The SMILES string of the molecule is CCC[C@H]1N(C(=O)c2cnccc2C(F)(F)F)CCC[C@@]1(Oc1ccc(C(F)(F)F)cc1)C(=O)N1CCC(Oc2cc(C#N)ccn2)CC1. The molecule has 49 heavy (non-hydrogen) atoms. The lowest BCUT2D eigenvalue weighted by Crippen LogP contribution is -2.68. The van der Waals surface area contributed by atoms with Gasteiger partial charge in [-0.25, -0.2) is 4.98 Å². The number of benzene rings is 1. The van der Waals surface area contributed by atoms with Gasteiger partial charge in [0.15, 0.2) is 0 Å². The predicted octanol–water partition coefficient (Wildman–Crippen LogP) is 6.68. The van der Waals surface area contributed by atoms with Crippen molar-refractivity contribution in [3.63, 3.8) is 0 Å². The molecule has 4 heterocycles. The summed E-state index contributed by atoms with van der Waals surface area (Å²) in [7, 11) is 0. The molecule has 0 unspecified atom stereocenters. The monoisotopic (exact) mass is 689 g/mol. The normalized spacial score (nSPS) is 20.4. The summed E-state index contributed by atoms with van der Waals surface area (Å²) in [5.74, 6) is -1.32. The predicted molar refractivity (Wildman–Crippen MR) is 162 cm³/mol. The van der Waals surface area contributed by atoms with Gasteiger partial charge >= 0.3 is 12.4 Å². The molecule has 1 aromatic carbocycles. The minimum atomic E-state index is -4.86. The fourth-order valence-electron chi connectivity index (χ4n) is 6.45. The molecule has 2 saturated heterocycles. The average Bonchev–Trinajstić information content (AvgIpc) is 3.08. The molecule has 2 aliphatic rings. The number of hydrogen-bond acceptors (Lipinski definition) is 7. The summed E-state index contributed by atoms with van der Waals surface area (Å²) in [5.41, 5.74) is -4.25. The molecule has 9 nitrogen and oxygen atoms in total. The highest BCUT2D eigenvalue weighted by molar-refractivity contribution is 5.97. The van der Waals surface area contributed by atoms with Crippen LogP contribution in [-0.4, -0.2) is 69.0 Å². The first-order valence-electron chi connectivity index (χ1n) is 15.8. The van der Waals surface area contributed by atoms with E-state index < -0.39 is 52.5 Å². The number of aromatic nitrogens is 2. The van der Waals surface area contributed by atoms with Crippen molar-refractivity contribution >= 4 is 11.8 Å². The molecule has 3 aromatic rings. The fraction of sp³-hybridized carbons (Fsp3) is 0.441. The highest BCUT2D eigenvalue weighted by atomic mass is 19.4. The Hall–Kier alpha value is -4.87. The Balaban J connectivity index is 1.48. The van der Waals surface area contributed by atoms with Crippen LogP contribution in [0.1, 0.15) is 72.5 Å².